The molecular weight excluding hydrogens is 324 g/mol. The second-order valence-corrected chi connectivity index (χ2v) is 6.49. The predicted octanol–water partition coefficient (Wildman–Crippen LogP) is 4.87. The molecule has 2 aromatic carbocycles. The van der Waals surface area contributed by atoms with Gasteiger partial charge in [0.2, 0.25) is 0 Å². The zero-order valence-corrected chi connectivity index (χ0v) is 15.1. The molecule has 0 unspecified atom stereocenters. The Morgan fingerprint density at radius 1 is 0.923 bits per heavy atom. The summed E-state index contributed by atoms with van der Waals surface area (Å²) in [6.45, 7) is 5.76. The zero-order chi connectivity index (χ0) is 18.2. The normalized spacial score (nSPS) is 10.6. The van der Waals surface area contributed by atoms with E-state index < -0.39 is 0 Å². The number of hydrogen-bond donors (Lipinski definition) is 2. The summed E-state index contributed by atoms with van der Waals surface area (Å²) in [5, 5.41) is 6.59. The molecule has 0 aliphatic carbocycles. The summed E-state index contributed by atoms with van der Waals surface area (Å²) >= 11 is 0. The number of hydrogen-bond acceptors (Lipinski definition) is 5. The molecule has 0 fully saturated rings. The summed E-state index contributed by atoms with van der Waals surface area (Å²) in [6, 6.07) is 19.9. The van der Waals surface area contributed by atoms with E-state index in [9.17, 15) is 0 Å². The van der Waals surface area contributed by atoms with Crippen molar-refractivity contribution < 1.29 is 4.74 Å². The molecule has 5 heteroatoms. The molecule has 2 N–H and O–H groups in total. The van der Waals surface area contributed by atoms with Crippen LogP contribution in [0, 0.1) is 5.92 Å². The molecule has 0 bridgehead atoms. The molecular formula is C21H24N4O. The van der Waals surface area contributed by atoms with Gasteiger partial charge in [-0.15, -0.1) is 0 Å². The molecule has 0 spiro atoms. The SMILES string of the molecule is CC(C)CNc1cc(Nc2ccc(OCc3ccccc3)cc2)ncn1. The smallest absolute Gasteiger partial charge is 0.135 e. The Labute approximate surface area is 154 Å². The Balaban J connectivity index is 1.56. The van der Waals surface area contributed by atoms with E-state index in [1.54, 1.807) is 6.33 Å². The maximum atomic E-state index is 5.81. The van der Waals surface area contributed by atoms with Gasteiger partial charge in [-0.25, -0.2) is 9.97 Å². The van der Waals surface area contributed by atoms with Crippen LogP contribution in [0.25, 0.3) is 0 Å². The quantitative estimate of drug-likeness (QED) is 0.608. The molecule has 0 aliphatic rings. The highest BCUT2D eigenvalue weighted by Gasteiger charge is 2.02. The molecule has 1 aromatic heterocycles. The van der Waals surface area contributed by atoms with Crippen molar-refractivity contribution in [3.05, 3.63) is 72.6 Å². The van der Waals surface area contributed by atoms with Crippen LogP contribution in [0.1, 0.15) is 19.4 Å². The van der Waals surface area contributed by atoms with Gasteiger partial charge in [-0.1, -0.05) is 44.2 Å². The fourth-order valence-electron chi connectivity index (χ4n) is 2.35. The third-order valence-corrected chi connectivity index (χ3v) is 3.73. The maximum absolute atomic E-state index is 5.81. The minimum atomic E-state index is 0.560. The molecule has 0 saturated carbocycles. The molecule has 5 nitrogen and oxygen atoms in total. The predicted molar refractivity (Wildman–Crippen MR) is 106 cm³/mol. The summed E-state index contributed by atoms with van der Waals surface area (Å²) in [5.74, 6) is 2.97. The fraction of sp³-hybridized carbons (Fsp3) is 0.238. The number of nitrogens with zero attached hydrogens (tertiary/aromatic N) is 2. The Morgan fingerprint density at radius 3 is 2.38 bits per heavy atom. The van der Waals surface area contributed by atoms with Gasteiger partial charge < -0.3 is 15.4 Å². The van der Waals surface area contributed by atoms with E-state index in [1.165, 1.54) is 0 Å². The summed E-state index contributed by atoms with van der Waals surface area (Å²) in [6.07, 6.45) is 1.56. The van der Waals surface area contributed by atoms with E-state index in [-0.39, 0.29) is 0 Å². The number of benzene rings is 2. The first-order valence-electron chi connectivity index (χ1n) is 8.79. The van der Waals surface area contributed by atoms with Gasteiger partial charge in [-0.2, -0.15) is 0 Å². The highest BCUT2D eigenvalue weighted by molar-refractivity contribution is 5.59. The lowest BCUT2D eigenvalue weighted by Crippen LogP contribution is -2.09. The highest BCUT2D eigenvalue weighted by Crippen LogP contribution is 2.20. The Kier molecular flexibility index (Phi) is 6.04. The van der Waals surface area contributed by atoms with Crippen LogP contribution >= 0.6 is 0 Å². The van der Waals surface area contributed by atoms with Gasteiger partial charge >= 0.3 is 0 Å². The number of aromatic nitrogens is 2. The van der Waals surface area contributed by atoms with Crippen molar-refractivity contribution in [3.8, 4) is 5.75 Å². The van der Waals surface area contributed by atoms with Crippen molar-refractivity contribution in [1.82, 2.24) is 9.97 Å². The van der Waals surface area contributed by atoms with Gasteiger partial charge in [0.15, 0.2) is 0 Å². The molecule has 0 saturated heterocycles. The van der Waals surface area contributed by atoms with E-state index in [0.717, 1.165) is 35.2 Å². The van der Waals surface area contributed by atoms with Crippen LogP contribution in [0.15, 0.2) is 67.0 Å². The minimum absolute atomic E-state index is 0.560. The molecule has 3 rings (SSSR count). The van der Waals surface area contributed by atoms with Gasteiger partial charge in [0.05, 0.1) is 0 Å². The van der Waals surface area contributed by atoms with Crippen LogP contribution in [0.5, 0.6) is 5.75 Å². The van der Waals surface area contributed by atoms with Crippen LogP contribution < -0.4 is 15.4 Å². The van der Waals surface area contributed by atoms with E-state index >= 15 is 0 Å². The summed E-state index contributed by atoms with van der Waals surface area (Å²) in [7, 11) is 0. The lowest BCUT2D eigenvalue weighted by molar-refractivity contribution is 0.306. The van der Waals surface area contributed by atoms with E-state index in [2.05, 4.69) is 46.6 Å². The van der Waals surface area contributed by atoms with E-state index in [0.29, 0.717) is 12.5 Å². The van der Waals surface area contributed by atoms with Gasteiger partial charge in [0.25, 0.3) is 0 Å². The molecule has 0 aliphatic heterocycles. The standard InChI is InChI=1S/C21H24N4O/c1-16(2)13-22-20-12-21(24-15-23-20)25-18-8-10-19(11-9-18)26-14-17-6-4-3-5-7-17/h3-12,15-16H,13-14H2,1-2H3,(H2,22,23,24,25). The second-order valence-electron chi connectivity index (χ2n) is 6.49. The average molecular weight is 348 g/mol. The topological polar surface area (TPSA) is 59.1 Å². The number of anilines is 3. The maximum Gasteiger partial charge on any atom is 0.135 e. The Morgan fingerprint density at radius 2 is 1.65 bits per heavy atom. The summed E-state index contributed by atoms with van der Waals surface area (Å²) < 4.78 is 5.81. The van der Waals surface area contributed by atoms with Gasteiger partial charge in [-0.05, 0) is 35.7 Å². The van der Waals surface area contributed by atoms with Crippen LogP contribution in [0.3, 0.4) is 0 Å². The number of nitrogens with one attached hydrogen (secondary N) is 2. The first kappa shape index (κ1) is 17.7. The highest BCUT2D eigenvalue weighted by atomic mass is 16.5. The first-order valence-corrected chi connectivity index (χ1v) is 8.79. The van der Waals surface area contributed by atoms with Crippen LogP contribution in [-0.2, 0) is 6.61 Å². The Bertz CT molecular complexity index is 804. The van der Waals surface area contributed by atoms with Crippen LogP contribution in [0.2, 0.25) is 0 Å². The third-order valence-electron chi connectivity index (χ3n) is 3.73. The Hall–Kier alpha value is -3.08. The van der Waals surface area contributed by atoms with Crippen molar-refractivity contribution in [2.45, 2.75) is 20.5 Å². The molecule has 1 heterocycles. The van der Waals surface area contributed by atoms with E-state index in [4.69, 9.17) is 4.74 Å². The van der Waals surface area contributed by atoms with Gasteiger partial charge in [-0.3, -0.25) is 0 Å². The summed E-state index contributed by atoms with van der Waals surface area (Å²) in [5.41, 5.74) is 2.10. The van der Waals surface area contributed by atoms with Crippen molar-refractivity contribution in [2.24, 2.45) is 5.92 Å². The molecule has 0 radical (unpaired) electrons. The van der Waals surface area contributed by atoms with Gasteiger partial charge in [0.1, 0.15) is 30.3 Å². The molecule has 0 atom stereocenters. The summed E-state index contributed by atoms with van der Waals surface area (Å²) in [4.78, 5) is 8.50. The third kappa shape index (κ3) is 5.48. The van der Waals surface area contributed by atoms with Crippen molar-refractivity contribution in [2.75, 3.05) is 17.2 Å². The van der Waals surface area contributed by atoms with Crippen LogP contribution in [-0.4, -0.2) is 16.5 Å². The lowest BCUT2D eigenvalue weighted by atomic mass is 10.2. The minimum Gasteiger partial charge on any atom is -0.489 e. The van der Waals surface area contributed by atoms with Crippen LogP contribution in [0.4, 0.5) is 17.3 Å². The molecule has 0 amide bonds. The van der Waals surface area contributed by atoms with E-state index in [1.807, 2.05) is 48.5 Å². The fourth-order valence-corrected chi connectivity index (χ4v) is 2.35. The second kappa shape index (κ2) is 8.85. The van der Waals surface area contributed by atoms with Crippen molar-refractivity contribution >= 4 is 17.3 Å². The average Bonchev–Trinajstić information content (AvgIpc) is 2.67. The molecule has 134 valence electrons. The number of ether oxygens (including phenoxy) is 1. The molecule has 3 aromatic rings. The lowest BCUT2D eigenvalue weighted by Gasteiger charge is -2.11. The van der Waals surface area contributed by atoms with Crippen molar-refractivity contribution in [1.29, 1.82) is 0 Å². The first-order chi connectivity index (χ1) is 12.7. The van der Waals surface area contributed by atoms with Gasteiger partial charge in [0, 0.05) is 18.3 Å². The van der Waals surface area contributed by atoms with Crippen molar-refractivity contribution in [3.63, 3.8) is 0 Å². The molecule has 26 heavy (non-hydrogen) atoms. The largest absolute Gasteiger partial charge is 0.489 e. The number of rotatable bonds is 8. The zero-order valence-electron chi connectivity index (χ0n) is 15.1. The monoisotopic (exact) mass is 348 g/mol.